The van der Waals surface area contributed by atoms with Crippen LogP contribution < -0.4 is 15.5 Å². The van der Waals surface area contributed by atoms with Crippen molar-refractivity contribution in [1.82, 2.24) is 9.88 Å². The highest BCUT2D eigenvalue weighted by atomic mass is 16.2. The van der Waals surface area contributed by atoms with E-state index in [1.807, 2.05) is 18.2 Å². The molecule has 8 nitrogen and oxygen atoms in total. The van der Waals surface area contributed by atoms with E-state index in [0.717, 1.165) is 42.7 Å². The molecule has 2 aliphatic heterocycles. The van der Waals surface area contributed by atoms with Crippen molar-refractivity contribution in [3.63, 3.8) is 0 Å². The number of rotatable bonds is 3. The number of benzene rings is 1. The van der Waals surface area contributed by atoms with Crippen LogP contribution in [0.1, 0.15) is 24.8 Å². The summed E-state index contributed by atoms with van der Waals surface area (Å²) in [5.74, 6) is -1.21. The van der Waals surface area contributed by atoms with Gasteiger partial charge < -0.3 is 20.4 Å². The molecule has 0 saturated carbocycles. The molecular formula is C22H25N5O3. The summed E-state index contributed by atoms with van der Waals surface area (Å²) in [6.45, 7) is 1.50. The fourth-order valence-electron chi connectivity index (χ4n) is 4.01. The topological polar surface area (TPSA) is 94.6 Å². The largest absolute Gasteiger partial charge is 0.369 e. The van der Waals surface area contributed by atoms with Crippen LogP contribution in [-0.2, 0) is 20.8 Å². The first-order valence-corrected chi connectivity index (χ1v) is 10.2. The van der Waals surface area contributed by atoms with Crippen LogP contribution in [-0.4, -0.2) is 53.8 Å². The molecule has 0 radical (unpaired) electrons. The number of anilines is 3. The number of hydrogen-bond donors (Lipinski definition) is 2. The molecular weight excluding hydrogens is 382 g/mol. The molecule has 2 aliphatic rings. The summed E-state index contributed by atoms with van der Waals surface area (Å²) in [6.07, 6.45) is 6.29. The minimum atomic E-state index is -0.655. The van der Waals surface area contributed by atoms with Crippen LogP contribution >= 0.6 is 0 Å². The monoisotopic (exact) mass is 407 g/mol. The van der Waals surface area contributed by atoms with Crippen molar-refractivity contribution in [1.29, 1.82) is 0 Å². The van der Waals surface area contributed by atoms with E-state index in [1.54, 1.807) is 31.6 Å². The SMILES string of the molecule is CN(C(=O)C(=O)Nc1ccc2c(c1)CCCC(=O)N2)C1CCN(c2ccncc2)C1. The van der Waals surface area contributed by atoms with Crippen molar-refractivity contribution in [3.05, 3.63) is 48.3 Å². The lowest BCUT2D eigenvalue weighted by Gasteiger charge is -2.25. The van der Waals surface area contributed by atoms with E-state index in [4.69, 9.17) is 0 Å². The molecule has 0 aliphatic carbocycles. The second-order valence-corrected chi connectivity index (χ2v) is 7.74. The van der Waals surface area contributed by atoms with Crippen molar-refractivity contribution in [2.75, 3.05) is 35.7 Å². The molecule has 1 fully saturated rings. The van der Waals surface area contributed by atoms with Gasteiger partial charge in [-0.05, 0) is 55.2 Å². The fraction of sp³-hybridized carbons (Fsp3) is 0.364. The van der Waals surface area contributed by atoms with E-state index >= 15 is 0 Å². The van der Waals surface area contributed by atoms with Crippen molar-refractivity contribution >= 4 is 34.8 Å². The van der Waals surface area contributed by atoms with Gasteiger partial charge in [0, 0.05) is 56.0 Å². The van der Waals surface area contributed by atoms with Gasteiger partial charge in [0.25, 0.3) is 0 Å². The van der Waals surface area contributed by atoms with E-state index in [2.05, 4.69) is 20.5 Å². The molecule has 1 unspecified atom stereocenters. The number of nitrogens with zero attached hydrogens (tertiary/aromatic N) is 3. The van der Waals surface area contributed by atoms with Gasteiger partial charge in [0.2, 0.25) is 5.91 Å². The number of amides is 3. The average Bonchev–Trinajstić information content (AvgIpc) is 3.17. The maximum absolute atomic E-state index is 12.7. The number of aryl methyl sites for hydroxylation is 1. The van der Waals surface area contributed by atoms with Crippen LogP contribution in [0.25, 0.3) is 0 Å². The van der Waals surface area contributed by atoms with E-state index in [-0.39, 0.29) is 11.9 Å². The molecule has 30 heavy (non-hydrogen) atoms. The number of carbonyl (C=O) groups excluding carboxylic acids is 3. The summed E-state index contributed by atoms with van der Waals surface area (Å²) in [5, 5.41) is 5.57. The predicted octanol–water partition coefficient (Wildman–Crippen LogP) is 2.03. The Balaban J connectivity index is 1.37. The average molecular weight is 407 g/mol. The van der Waals surface area contributed by atoms with Gasteiger partial charge >= 0.3 is 11.8 Å². The first-order valence-electron chi connectivity index (χ1n) is 10.2. The first-order chi connectivity index (χ1) is 14.5. The van der Waals surface area contributed by atoms with Crippen LogP contribution in [0.5, 0.6) is 0 Å². The number of fused-ring (bicyclic) bond motifs is 1. The molecule has 8 heteroatoms. The predicted molar refractivity (Wildman–Crippen MR) is 114 cm³/mol. The molecule has 0 bridgehead atoms. The maximum Gasteiger partial charge on any atom is 0.313 e. The summed E-state index contributed by atoms with van der Waals surface area (Å²) < 4.78 is 0. The zero-order chi connectivity index (χ0) is 21.1. The van der Waals surface area contributed by atoms with Gasteiger partial charge in [-0.3, -0.25) is 19.4 Å². The van der Waals surface area contributed by atoms with Gasteiger partial charge in [-0.1, -0.05) is 0 Å². The highest BCUT2D eigenvalue weighted by Crippen LogP contribution is 2.26. The van der Waals surface area contributed by atoms with Crippen molar-refractivity contribution < 1.29 is 14.4 Å². The fourth-order valence-corrected chi connectivity index (χ4v) is 4.01. The van der Waals surface area contributed by atoms with Crippen molar-refractivity contribution in [2.45, 2.75) is 31.7 Å². The van der Waals surface area contributed by atoms with Gasteiger partial charge in [0.05, 0.1) is 6.04 Å². The Morgan fingerprint density at radius 3 is 2.80 bits per heavy atom. The second-order valence-electron chi connectivity index (χ2n) is 7.74. The lowest BCUT2D eigenvalue weighted by molar-refractivity contribution is -0.143. The number of carbonyl (C=O) groups is 3. The molecule has 156 valence electrons. The normalized spacial score (nSPS) is 18.2. The second kappa shape index (κ2) is 8.52. The number of nitrogens with one attached hydrogen (secondary N) is 2. The summed E-state index contributed by atoms with van der Waals surface area (Å²) in [5.41, 5.74) is 3.35. The van der Waals surface area contributed by atoms with Crippen LogP contribution in [0, 0.1) is 0 Å². The van der Waals surface area contributed by atoms with Crippen LogP contribution in [0.2, 0.25) is 0 Å². The molecule has 1 aromatic heterocycles. The van der Waals surface area contributed by atoms with Crippen molar-refractivity contribution in [3.8, 4) is 0 Å². The summed E-state index contributed by atoms with van der Waals surface area (Å²) in [4.78, 5) is 44.7. The van der Waals surface area contributed by atoms with Crippen LogP contribution in [0.4, 0.5) is 17.1 Å². The van der Waals surface area contributed by atoms with Gasteiger partial charge in [-0.15, -0.1) is 0 Å². The van der Waals surface area contributed by atoms with Gasteiger partial charge in [0.1, 0.15) is 0 Å². The van der Waals surface area contributed by atoms with Gasteiger partial charge in [0.15, 0.2) is 0 Å². The van der Waals surface area contributed by atoms with E-state index in [0.29, 0.717) is 18.7 Å². The Morgan fingerprint density at radius 2 is 2.00 bits per heavy atom. The number of likely N-dealkylation sites (N-methyl/N-ethyl adjacent to an activating group) is 1. The molecule has 3 heterocycles. The third-order valence-electron chi connectivity index (χ3n) is 5.74. The summed E-state index contributed by atoms with van der Waals surface area (Å²) in [7, 11) is 1.68. The molecule has 3 amide bonds. The van der Waals surface area contributed by atoms with Crippen LogP contribution in [0.15, 0.2) is 42.7 Å². The number of pyridine rings is 1. The highest BCUT2D eigenvalue weighted by molar-refractivity contribution is 6.39. The summed E-state index contributed by atoms with van der Waals surface area (Å²) >= 11 is 0. The van der Waals surface area contributed by atoms with Crippen LogP contribution in [0.3, 0.4) is 0 Å². The quantitative estimate of drug-likeness (QED) is 0.760. The minimum Gasteiger partial charge on any atom is -0.369 e. The Morgan fingerprint density at radius 1 is 1.20 bits per heavy atom. The Bertz CT molecular complexity index is 963. The molecule has 2 aromatic rings. The standard InChI is InChI=1S/C22H25N5O3/c1-26(18-9-12-27(14-18)17-7-10-23-11-8-17)22(30)21(29)24-16-5-6-19-15(13-16)3-2-4-20(28)25-19/h5-8,10-11,13,18H,2-4,9,12,14H2,1H3,(H,24,29)(H,25,28). The summed E-state index contributed by atoms with van der Waals surface area (Å²) in [6, 6.07) is 9.16. The molecule has 4 rings (SSSR count). The lowest BCUT2D eigenvalue weighted by Crippen LogP contribution is -2.44. The Labute approximate surface area is 175 Å². The number of hydrogen-bond acceptors (Lipinski definition) is 5. The Hall–Kier alpha value is -3.42. The molecule has 0 spiro atoms. The van der Waals surface area contributed by atoms with Gasteiger partial charge in [-0.25, -0.2) is 0 Å². The third kappa shape index (κ3) is 4.27. The number of aromatic nitrogens is 1. The molecule has 1 saturated heterocycles. The molecule has 1 aromatic carbocycles. The molecule has 2 N–H and O–H groups in total. The van der Waals surface area contributed by atoms with E-state index in [1.165, 1.54) is 4.90 Å². The lowest BCUT2D eigenvalue weighted by atomic mass is 10.1. The third-order valence-corrected chi connectivity index (χ3v) is 5.74. The zero-order valence-electron chi connectivity index (χ0n) is 16.9. The Kier molecular flexibility index (Phi) is 5.65. The molecule has 1 atom stereocenters. The zero-order valence-corrected chi connectivity index (χ0v) is 16.9. The minimum absolute atomic E-state index is 0.000267. The first kappa shape index (κ1) is 19.9. The van der Waals surface area contributed by atoms with E-state index in [9.17, 15) is 14.4 Å². The van der Waals surface area contributed by atoms with Gasteiger partial charge in [-0.2, -0.15) is 0 Å². The van der Waals surface area contributed by atoms with Crippen molar-refractivity contribution in [2.24, 2.45) is 0 Å². The smallest absolute Gasteiger partial charge is 0.313 e. The highest BCUT2D eigenvalue weighted by Gasteiger charge is 2.31. The van der Waals surface area contributed by atoms with E-state index < -0.39 is 11.8 Å². The maximum atomic E-state index is 12.7.